The highest BCUT2D eigenvalue weighted by atomic mass is 35.5. The maximum absolute atomic E-state index is 5.89. The third-order valence-corrected chi connectivity index (χ3v) is 4.61. The zero-order valence-electron chi connectivity index (χ0n) is 15.3. The van der Waals surface area contributed by atoms with Crippen molar-refractivity contribution in [1.29, 1.82) is 0 Å². The molecule has 0 saturated carbocycles. The van der Waals surface area contributed by atoms with Gasteiger partial charge in [-0.1, -0.05) is 42.0 Å². The molecule has 4 nitrogen and oxygen atoms in total. The zero-order chi connectivity index (χ0) is 17.4. The Morgan fingerprint density at radius 1 is 0.923 bits per heavy atom. The molecule has 5 heteroatoms. The summed E-state index contributed by atoms with van der Waals surface area (Å²) in [6.45, 7) is 8.02. The number of fused-ring (bicyclic) bond motifs is 1. The van der Waals surface area contributed by atoms with Crippen LogP contribution >= 0.6 is 12.4 Å². The normalized spacial score (nSPS) is 20.0. The highest BCUT2D eigenvalue weighted by Crippen LogP contribution is 2.29. The number of aromatic nitrogens is 2. The van der Waals surface area contributed by atoms with Gasteiger partial charge in [0.2, 0.25) is 0 Å². The first-order valence-corrected chi connectivity index (χ1v) is 8.84. The highest BCUT2D eigenvalue weighted by molar-refractivity contribution is 5.91. The number of hydrogen-bond donors (Lipinski definition) is 0. The molecule has 1 saturated heterocycles. The minimum Gasteiger partial charge on any atom is -0.372 e. The van der Waals surface area contributed by atoms with E-state index in [1.807, 2.05) is 12.1 Å². The van der Waals surface area contributed by atoms with Crippen LogP contribution in [-0.4, -0.2) is 35.3 Å². The van der Waals surface area contributed by atoms with Crippen LogP contribution < -0.4 is 4.90 Å². The van der Waals surface area contributed by atoms with Gasteiger partial charge in [0.1, 0.15) is 5.82 Å². The second kappa shape index (κ2) is 7.60. The van der Waals surface area contributed by atoms with E-state index in [-0.39, 0.29) is 24.6 Å². The first-order valence-electron chi connectivity index (χ1n) is 8.84. The molecular formula is C21H24ClN3O. The van der Waals surface area contributed by atoms with E-state index in [0.717, 1.165) is 41.2 Å². The number of ether oxygens (including phenoxy) is 1. The lowest BCUT2D eigenvalue weighted by atomic mass is 10.1. The summed E-state index contributed by atoms with van der Waals surface area (Å²) in [5.41, 5.74) is 3.27. The van der Waals surface area contributed by atoms with Crippen molar-refractivity contribution in [3.8, 4) is 11.4 Å². The summed E-state index contributed by atoms with van der Waals surface area (Å²) in [7, 11) is 0. The van der Waals surface area contributed by atoms with Gasteiger partial charge >= 0.3 is 0 Å². The van der Waals surface area contributed by atoms with Crippen LogP contribution in [0.4, 0.5) is 5.82 Å². The molecule has 4 rings (SSSR count). The molecule has 1 aliphatic heterocycles. The zero-order valence-corrected chi connectivity index (χ0v) is 16.2. The minimum absolute atomic E-state index is 0. The van der Waals surface area contributed by atoms with E-state index in [0.29, 0.717) is 0 Å². The van der Waals surface area contributed by atoms with E-state index >= 15 is 0 Å². The van der Waals surface area contributed by atoms with Crippen LogP contribution in [0.2, 0.25) is 0 Å². The molecule has 2 heterocycles. The lowest BCUT2D eigenvalue weighted by molar-refractivity contribution is -0.00536. The summed E-state index contributed by atoms with van der Waals surface area (Å²) in [5, 5.41) is 1.10. The van der Waals surface area contributed by atoms with Crippen molar-refractivity contribution in [3.63, 3.8) is 0 Å². The van der Waals surface area contributed by atoms with Crippen LogP contribution in [0, 0.1) is 6.92 Å². The molecule has 2 atom stereocenters. The van der Waals surface area contributed by atoms with E-state index < -0.39 is 0 Å². The molecule has 0 bridgehead atoms. The number of nitrogens with zero attached hydrogens (tertiary/aromatic N) is 3. The third-order valence-electron chi connectivity index (χ3n) is 4.61. The monoisotopic (exact) mass is 369 g/mol. The predicted molar refractivity (Wildman–Crippen MR) is 109 cm³/mol. The summed E-state index contributed by atoms with van der Waals surface area (Å²) in [6, 6.07) is 16.6. The standard InChI is InChI=1S/C21H23N3O.ClH/c1-14-8-10-17(11-9-14)20-22-19-7-5-4-6-18(19)21(23-20)24-12-15(2)25-16(3)13-24;/h4-11,15-16H,12-13H2,1-3H3;1H. The van der Waals surface area contributed by atoms with Gasteiger partial charge in [-0.25, -0.2) is 9.97 Å². The summed E-state index contributed by atoms with van der Waals surface area (Å²) in [5.74, 6) is 1.78. The molecule has 0 amide bonds. The van der Waals surface area contributed by atoms with Crippen molar-refractivity contribution in [2.24, 2.45) is 0 Å². The predicted octanol–water partition coefficient (Wildman–Crippen LogP) is 4.64. The number of halogens is 1. The molecular weight excluding hydrogens is 346 g/mol. The lowest BCUT2D eigenvalue weighted by Gasteiger charge is -2.36. The van der Waals surface area contributed by atoms with Crippen molar-refractivity contribution in [1.82, 2.24) is 9.97 Å². The SMILES string of the molecule is Cc1ccc(-c2nc(N3CC(C)OC(C)C3)c3ccccc3n2)cc1.Cl. The van der Waals surface area contributed by atoms with Gasteiger partial charge < -0.3 is 9.64 Å². The first-order chi connectivity index (χ1) is 12.1. The molecule has 0 aliphatic carbocycles. The number of morpholine rings is 1. The van der Waals surface area contributed by atoms with Gasteiger partial charge in [0.05, 0.1) is 17.7 Å². The van der Waals surface area contributed by atoms with E-state index in [9.17, 15) is 0 Å². The maximum Gasteiger partial charge on any atom is 0.162 e. The highest BCUT2D eigenvalue weighted by Gasteiger charge is 2.25. The molecule has 2 aromatic carbocycles. The molecule has 0 radical (unpaired) electrons. The molecule has 0 N–H and O–H groups in total. The lowest BCUT2D eigenvalue weighted by Crippen LogP contribution is -2.46. The average molecular weight is 370 g/mol. The van der Waals surface area contributed by atoms with Crippen molar-refractivity contribution in [2.75, 3.05) is 18.0 Å². The van der Waals surface area contributed by atoms with E-state index in [1.54, 1.807) is 0 Å². The molecule has 1 fully saturated rings. The number of para-hydroxylation sites is 1. The van der Waals surface area contributed by atoms with Crippen LogP contribution in [0.3, 0.4) is 0 Å². The van der Waals surface area contributed by atoms with Crippen molar-refractivity contribution < 1.29 is 4.74 Å². The van der Waals surface area contributed by atoms with Gasteiger partial charge in [0.15, 0.2) is 5.82 Å². The molecule has 3 aromatic rings. The second-order valence-corrected chi connectivity index (χ2v) is 6.92. The van der Waals surface area contributed by atoms with Crippen molar-refractivity contribution in [3.05, 3.63) is 54.1 Å². The Kier molecular flexibility index (Phi) is 5.44. The first kappa shape index (κ1) is 18.6. The van der Waals surface area contributed by atoms with Crippen LogP contribution in [-0.2, 0) is 4.74 Å². The number of anilines is 1. The Bertz CT molecular complexity index is 887. The number of hydrogen-bond acceptors (Lipinski definition) is 4. The van der Waals surface area contributed by atoms with Gasteiger partial charge in [-0.05, 0) is 32.9 Å². The quantitative estimate of drug-likeness (QED) is 0.659. The van der Waals surface area contributed by atoms with Crippen LogP contribution in [0.5, 0.6) is 0 Å². The van der Waals surface area contributed by atoms with Crippen molar-refractivity contribution in [2.45, 2.75) is 33.0 Å². The second-order valence-electron chi connectivity index (χ2n) is 6.92. The van der Waals surface area contributed by atoms with Crippen LogP contribution in [0.15, 0.2) is 48.5 Å². The van der Waals surface area contributed by atoms with Gasteiger partial charge in [-0.3, -0.25) is 0 Å². The topological polar surface area (TPSA) is 38.2 Å². The van der Waals surface area contributed by atoms with Crippen LogP contribution in [0.1, 0.15) is 19.4 Å². The fourth-order valence-corrected chi connectivity index (χ4v) is 3.48. The van der Waals surface area contributed by atoms with Gasteiger partial charge in [-0.15, -0.1) is 12.4 Å². The average Bonchev–Trinajstić information content (AvgIpc) is 2.60. The van der Waals surface area contributed by atoms with Gasteiger partial charge in [-0.2, -0.15) is 0 Å². The van der Waals surface area contributed by atoms with E-state index in [4.69, 9.17) is 14.7 Å². The molecule has 1 aliphatic rings. The molecule has 26 heavy (non-hydrogen) atoms. The van der Waals surface area contributed by atoms with E-state index in [2.05, 4.69) is 62.1 Å². The third kappa shape index (κ3) is 3.67. The summed E-state index contributed by atoms with van der Waals surface area (Å²) in [6.07, 6.45) is 0.389. The van der Waals surface area contributed by atoms with Crippen LogP contribution in [0.25, 0.3) is 22.3 Å². The largest absolute Gasteiger partial charge is 0.372 e. The number of aryl methyl sites for hydroxylation is 1. The summed E-state index contributed by atoms with van der Waals surface area (Å²) < 4.78 is 5.89. The Morgan fingerprint density at radius 2 is 1.58 bits per heavy atom. The molecule has 2 unspecified atom stereocenters. The van der Waals surface area contributed by atoms with Gasteiger partial charge in [0.25, 0.3) is 0 Å². The minimum atomic E-state index is 0. The Morgan fingerprint density at radius 3 is 2.27 bits per heavy atom. The molecule has 136 valence electrons. The molecule has 0 spiro atoms. The summed E-state index contributed by atoms with van der Waals surface area (Å²) >= 11 is 0. The Hall–Kier alpha value is -2.17. The maximum atomic E-state index is 5.89. The number of rotatable bonds is 2. The fraction of sp³-hybridized carbons (Fsp3) is 0.333. The van der Waals surface area contributed by atoms with Crippen molar-refractivity contribution >= 4 is 29.1 Å². The fourth-order valence-electron chi connectivity index (χ4n) is 3.48. The van der Waals surface area contributed by atoms with E-state index in [1.165, 1.54) is 5.56 Å². The molecule has 1 aromatic heterocycles. The van der Waals surface area contributed by atoms with Gasteiger partial charge in [0, 0.05) is 24.0 Å². The smallest absolute Gasteiger partial charge is 0.162 e. The Labute approximate surface area is 160 Å². The Balaban J connectivity index is 0.00000196. The number of benzene rings is 2. The summed E-state index contributed by atoms with van der Waals surface area (Å²) in [4.78, 5) is 12.1.